The summed E-state index contributed by atoms with van der Waals surface area (Å²) in [6.07, 6.45) is 0.263. The molecule has 2 aromatic carbocycles. The van der Waals surface area contributed by atoms with Crippen molar-refractivity contribution in [1.29, 1.82) is 0 Å². The minimum atomic E-state index is -3.95. The van der Waals surface area contributed by atoms with Gasteiger partial charge < -0.3 is 9.84 Å². The van der Waals surface area contributed by atoms with Gasteiger partial charge in [0, 0.05) is 12.0 Å². The second-order valence-corrected chi connectivity index (χ2v) is 7.01. The van der Waals surface area contributed by atoms with Crippen LogP contribution in [0.15, 0.2) is 53.4 Å². The zero-order chi connectivity index (χ0) is 19.2. The van der Waals surface area contributed by atoms with Crippen LogP contribution in [0.25, 0.3) is 0 Å². The van der Waals surface area contributed by atoms with Gasteiger partial charge >= 0.3 is 5.97 Å². The summed E-state index contributed by atoms with van der Waals surface area (Å²) in [7, 11) is -2.45. The molecule has 0 heterocycles. The Bertz CT molecular complexity index is 876. The maximum absolute atomic E-state index is 12.2. The number of hydrogen-bond donors (Lipinski definition) is 3. The number of carbonyl (C=O) groups excluding carboxylic acids is 1. The molecule has 2 aromatic rings. The first-order valence-electron chi connectivity index (χ1n) is 7.59. The van der Waals surface area contributed by atoms with Crippen LogP contribution < -0.4 is 15.0 Å². The van der Waals surface area contributed by atoms with E-state index in [4.69, 9.17) is 9.84 Å². The standard InChI is InChI=1S/C17H18N2O6S/c1-25-14-7-5-13(6-8-14)17(22)18-19-26(23,24)15-9-2-12(3-10-15)4-11-16(20)21/h2-3,5-10,19H,4,11H2,1H3,(H,18,22)(H,20,21). The van der Waals surface area contributed by atoms with E-state index in [1.807, 2.05) is 4.83 Å². The van der Waals surface area contributed by atoms with Crippen LogP contribution in [0.5, 0.6) is 5.75 Å². The fourth-order valence-electron chi connectivity index (χ4n) is 2.07. The fourth-order valence-corrected chi connectivity index (χ4v) is 2.91. The minimum absolute atomic E-state index is 0.0394. The average Bonchev–Trinajstić information content (AvgIpc) is 2.65. The number of methoxy groups -OCH3 is 1. The molecule has 0 saturated carbocycles. The molecule has 3 N–H and O–H groups in total. The number of hydrogen-bond acceptors (Lipinski definition) is 5. The molecular formula is C17H18N2O6S. The number of amides is 1. The molecule has 26 heavy (non-hydrogen) atoms. The molecule has 0 bridgehead atoms. The topological polar surface area (TPSA) is 122 Å². The zero-order valence-corrected chi connectivity index (χ0v) is 14.7. The molecule has 1 amide bonds. The highest BCUT2D eigenvalue weighted by Gasteiger charge is 2.16. The SMILES string of the molecule is COc1ccc(C(=O)NNS(=O)(=O)c2ccc(CCC(=O)O)cc2)cc1. The van der Waals surface area contributed by atoms with E-state index < -0.39 is 21.9 Å². The first kappa shape index (κ1) is 19.4. The second kappa shape index (κ2) is 8.45. The highest BCUT2D eigenvalue weighted by molar-refractivity contribution is 7.89. The minimum Gasteiger partial charge on any atom is -0.497 e. The molecule has 0 unspecified atom stereocenters. The van der Waals surface area contributed by atoms with E-state index in [-0.39, 0.29) is 16.9 Å². The summed E-state index contributed by atoms with van der Waals surface area (Å²) in [5.74, 6) is -0.968. The van der Waals surface area contributed by atoms with Gasteiger partial charge in [0.1, 0.15) is 5.75 Å². The largest absolute Gasteiger partial charge is 0.497 e. The third-order valence-electron chi connectivity index (χ3n) is 3.51. The molecular weight excluding hydrogens is 360 g/mol. The Morgan fingerprint density at radius 3 is 2.19 bits per heavy atom. The van der Waals surface area contributed by atoms with Crippen LogP contribution in [-0.4, -0.2) is 32.5 Å². The van der Waals surface area contributed by atoms with E-state index in [1.54, 1.807) is 12.1 Å². The fraction of sp³-hybridized carbons (Fsp3) is 0.176. The monoisotopic (exact) mass is 378 g/mol. The number of rotatable bonds is 8. The van der Waals surface area contributed by atoms with Crippen molar-refractivity contribution >= 4 is 21.9 Å². The van der Waals surface area contributed by atoms with Crippen LogP contribution in [0.3, 0.4) is 0 Å². The lowest BCUT2D eigenvalue weighted by Crippen LogP contribution is -2.41. The summed E-state index contributed by atoms with van der Waals surface area (Å²) in [6.45, 7) is 0. The highest BCUT2D eigenvalue weighted by Crippen LogP contribution is 2.13. The number of carboxylic acid groups (broad SMARTS) is 1. The van der Waals surface area contributed by atoms with Crippen molar-refractivity contribution in [3.8, 4) is 5.75 Å². The van der Waals surface area contributed by atoms with Gasteiger partial charge in [-0.05, 0) is 48.4 Å². The van der Waals surface area contributed by atoms with Gasteiger partial charge in [0.15, 0.2) is 0 Å². The zero-order valence-electron chi connectivity index (χ0n) is 13.9. The van der Waals surface area contributed by atoms with Crippen LogP contribution >= 0.6 is 0 Å². The number of aryl methyl sites for hydroxylation is 1. The molecule has 0 atom stereocenters. The third kappa shape index (κ3) is 5.30. The molecule has 0 spiro atoms. The molecule has 0 aromatic heterocycles. The number of benzene rings is 2. The number of ether oxygens (including phenoxy) is 1. The van der Waals surface area contributed by atoms with Crippen molar-refractivity contribution in [2.45, 2.75) is 17.7 Å². The van der Waals surface area contributed by atoms with Crippen molar-refractivity contribution in [1.82, 2.24) is 10.3 Å². The van der Waals surface area contributed by atoms with Crippen LogP contribution in [0.4, 0.5) is 0 Å². The highest BCUT2D eigenvalue weighted by atomic mass is 32.2. The van der Waals surface area contributed by atoms with E-state index in [2.05, 4.69) is 5.43 Å². The maximum atomic E-state index is 12.2. The molecule has 2 rings (SSSR count). The van der Waals surface area contributed by atoms with Crippen molar-refractivity contribution in [2.24, 2.45) is 0 Å². The van der Waals surface area contributed by atoms with Gasteiger partial charge in [0.05, 0.1) is 12.0 Å². The predicted octanol–water partition coefficient (Wildman–Crippen LogP) is 1.34. The summed E-state index contributed by atoms with van der Waals surface area (Å²) in [5.41, 5.74) is 3.10. The summed E-state index contributed by atoms with van der Waals surface area (Å²) < 4.78 is 29.4. The quantitative estimate of drug-likeness (QED) is 0.596. The summed E-state index contributed by atoms with van der Waals surface area (Å²) >= 11 is 0. The van der Waals surface area contributed by atoms with E-state index in [0.29, 0.717) is 17.7 Å². The number of sulfonamides is 1. The van der Waals surface area contributed by atoms with Crippen LogP contribution in [0, 0.1) is 0 Å². The maximum Gasteiger partial charge on any atom is 0.303 e. The van der Waals surface area contributed by atoms with E-state index in [9.17, 15) is 18.0 Å². The van der Waals surface area contributed by atoms with E-state index in [1.165, 1.54) is 43.5 Å². The van der Waals surface area contributed by atoms with Crippen LogP contribution in [0.2, 0.25) is 0 Å². The summed E-state index contributed by atoms with van der Waals surface area (Å²) in [4.78, 5) is 24.5. The lowest BCUT2D eigenvalue weighted by Gasteiger charge is -2.09. The van der Waals surface area contributed by atoms with Crippen LogP contribution in [-0.2, 0) is 21.2 Å². The normalized spacial score (nSPS) is 11.0. The lowest BCUT2D eigenvalue weighted by atomic mass is 10.1. The first-order valence-corrected chi connectivity index (χ1v) is 9.07. The summed E-state index contributed by atoms with van der Waals surface area (Å²) in [6, 6.07) is 11.9. The molecule has 0 fully saturated rings. The third-order valence-corrected chi connectivity index (χ3v) is 4.78. The van der Waals surface area contributed by atoms with Crippen molar-refractivity contribution in [3.63, 3.8) is 0 Å². The van der Waals surface area contributed by atoms with E-state index in [0.717, 1.165) is 0 Å². The van der Waals surface area contributed by atoms with Gasteiger partial charge in [-0.1, -0.05) is 12.1 Å². The number of nitrogens with one attached hydrogen (secondary N) is 2. The van der Waals surface area contributed by atoms with Gasteiger partial charge in [-0.15, -0.1) is 4.83 Å². The number of carbonyl (C=O) groups is 2. The Labute approximate surface area is 150 Å². The second-order valence-electron chi connectivity index (χ2n) is 5.33. The molecule has 0 radical (unpaired) electrons. The molecule has 0 aliphatic heterocycles. The Morgan fingerprint density at radius 2 is 1.65 bits per heavy atom. The number of carboxylic acids is 1. The van der Waals surface area contributed by atoms with Crippen LogP contribution in [0.1, 0.15) is 22.3 Å². The number of aliphatic carboxylic acids is 1. The lowest BCUT2D eigenvalue weighted by molar-refractivity contribution is -0.136. The predicted molar refractivity (Wildman–Crippen MR) is 93.2 cm³/mol. The molecule has 0 aliphatic carbocycles. The van der Waals surface area contributed by atoms with Gasteiger partial charge in [-0.3, -0.25) is 15.0 Å². The smallest absolute Gasteiger partial charge is 0.303 e. The number of hydrazine groups is 1. The van der Waals surface area contributed by atoms with Gasteiger partial charge in [-0.2, -0.15) is 0 Å². The van der Waals surface area contributed by atoms with Crippen molar-refractivity contribution in [2.75, 3.05) is 7.11 Å². The Hall–Kier alpha value is -2.91. The van der Waals surface area contributed by atoms with Crippen molar-refractivity contribution < 1.29 is 27.9 Å². The first-order chi connectivity index (χ1) is 12.3. The Morgan fingerprint density at radius 1 is 1.04 bits per heavy atom. The molecule has 9 heteroatoms. The molecule has 0 aliphatic rings. The Kier molecular flexibility index (Phi) is 6.31. The van der Waals surface area contributed by atoms with Gasteiger partial charge in [0.2, 0.25) is 0 Å². The Balaban J connectivity index is 1.98. The molecule has 138 valence electrons. The van der Waals surface area contributed by atoms with E-state index >= 15 is 0 Å². The molecule has 8 nitrogen and oxygen atoms in total. The molecule has 0 saturated heterocycles. The average molecular weight is 378 g/mol. The van der Waals surface area contributed by atoms with Gasteiger partial charge in [-0.25, -0.2) is 8.42 Å². The van der Waals surface area contributed by atoms with Gasteiger partial charge in [0.25, 0.3) is 15.9 Å². The summed E-state index contributed by atoms with van der Waals surface area (Å²) in [5, 5.41) is 8.65. The van der Waals surface area contributed by atoms with Crippen molar-refractivity contribution in [3.05, 3.63) is 59.7 Å².